The van der Waals surface area contributed by atoms with E-state index in [2.05, 4.69) is 0 Å². The molecule has 1 aliphatic carbocycles. The van der Waals surface area contributed by atoms with E-state index in [1.807, 2.05) is 6.92 Å². The molecule has 1 saturated carbocycles. The molecule has 11 heavy (non-hydrogen) atoms. The summed E-state index contributed by atoms with van der Waals surface area (Å²) in [5.74, 6) is 0.393. The SMILES string of the molecule is C[C@H]1CCC[C@H]1OS(C)(=O)=O. The summed E-state index contributed by atoms with van der Waals surface area (Å²) < 4.78 is 26.3. The zero-order valence-corrected chi connectivity index (χ0v) is 7.73. The molecule has 0 aromatic carbocycles. The highest BCUT2D eigenvalue weighted by Gasteiger charge is 2.26. The van der Waals surface area contributed by atoms with Gasteiger partial charge in [-0.15, -0.1) is 0 Å². The third-order valence-electron chi connectivity index (χ3n) is 2.08. The van der Waals surface area contributed by atoms with Crippen LogP contribution >= 0.6 is 0 Å². The van der Waals surface area contributed by atoms with Gasteiger partial charge in [0.05, 0.1) is 12.4 Å². The highest BCUT2D eigenvalue weighted by atomic mass is 32.2. The van der Waals surface area contributed by atoms with Gasteiger partial charge < -0.3 is 0 Å². The number of hydrogen-bond acceptors (Lipinski definition) is 3. The predicted octanol–water partition coefficient (Wildman–Crippen LogP) is 1.15. The third-order valence-corrected chi connectivity index (χ3v) is 2.68. The summed E-state index contributed by atoms with van der Waals surface area (Å²) in [6.07, 6.45) is 4.10. The molecule has 0 spiro atoms. The molecule has 0 radical (unpaired) electrons. The van der Waals surface area contributed by atoms with E-state index in [1.54, 1.807) is 0 Å². The van der Waals surface area contributed by atoms with Crippen molar-refractivity contribution in [2.75, 3.05) is 6.26 Å². The third kappa shape index (κ3) is 2.79. The molecule has 66 valence electrons. The second kappa shape index (κ2) is 3.11. The Morgan fingerprint density at radius 2 is 2.00 bits per heavy atom. The zero-order valence-electron chi connectivity index (χ0n) is 6.91. The average molecular weight is 178 g/mol. The second-order valence-corrected chi connectivity index (χ2v) is 4.85. The van der Waals surface area contributed by atoms with Gasteiger partial charge in [0.2, 0.25) is 0 Å². The summed E-state index contributed by atoms with van der Waals surface area (Å²) in [5, 5.41) is 0. The predicted molar refractivity (Wildman–Crippen MR) is 42.7 cm³/mol. The normalized spacial score (nSPS) is 32.5. The molecule has 1 rings (SSSR count). The van der Waals surface area contributed by atoms with Gasteiger partial charge in [-0.25, -0.2) is 0 Å². The van der Waals surface area contributed by atoms with Crippen LogP contribution < -0.4 is 0 Å². The zero-order chi connectivity index (χ0) is 8.48. The number of rotatable bonds is 2. The van der Waals surface area contributed by atoms with E-state index in [0.29, 0.717) is 5.92 Å². The van der Waals surface area contributed by atoms with Crippen LogP contribution in [0, 0.1) is 5.92 Å². The number of hydrogen-bond donors (Lipinski definition) is 0. The molecule has 0 saturated heterocycles. The lowest BCUT2D eigenvalue weighted by Crippen LogP contribution is -2.19. The smallest absolute Gasteiger partial charge is 0.264 e. The Kier molecular flexibility index (Phi) is 2.54. The lowest BCUT2D eigenvalue weighted by Gasteiger charge is -2.13. The molecular weight excluding hydrogens is 164 g/mol. The minimum Gasteiger partial charge on any atom is -0.267 e. The van der Waals surface area contributed by atoms with Gasteiger partial charge in [0, 0.05) is 0 Å². The average Bonchev–Trinajstić information content (AvgIpc) is 2.12. The van der Waals surface area contributed by atoms with Crippen molar-refractivity contribution < 1.29 is 12.6 Å². The molecule has 1 fully saturated rings. The standard InChI is InChI=1S/C7H14O3S/c1-6-4-3-5-7(6)10-11(2,8)9/h6-7H,3-5H2,1-2H3/t6-,7+/m0/s1. The highest BCUT2D eigenvalue weighted by molar-refractivity contribution is 7.86. The van der Waals surface area contributed by atoms with Crippen LogP contribution in [0.15, 0.2) is 0 Å². The summed E-state index contributed by atoms with van der Waals surface area (Å²) in [4.78, 5) is 0. The Labute approximate surface area is 67.9 Å². The van der Waals surface area contributed by atoms with Crippen molar-refractivity contribution in [2.24, 2.45) is 5.92 Å². The van der Waals surface area contributed by atoms with Crippen molar-refractivity contribution in [3.05, 3.63) is 0 Å². The molecule has 0 heterocycles. The Balaban J connectivity index is 2.50. The Hall–Kier alpha value is -0.0900. The van der Waals surface area contributed by atoms with Crippen LogP contribution in [0.25, 0.3) is 0 Å². The highest BCUT2D eigenvalue weighted by Crippen LogP contribution is 2.28. The van der Waals surface area contributed by atoms with Crippen LogP contribution in [0.3, 0.4) is 0 Å². The van der Waals surface area contributed by atoms with E-state index < -0.39 is 10.1 Å². The maximum absolute atomic E-state index is 10.7. The van der Waals surface area contributed by atoms with E-state index in [1.165, 1.54) is 0 Å². The minimum atomic E-state index is -3.24. The van der Waals surface area contributed by atoms with Crippen LogP contribution in [0.2, 0.25) is 0 Å². The molecule has 3 nitrogen and oxygen atoms in total. The van der Waals surface area contributed by atoms with Gasteiger partial charge >= 0.3 is 0 Å². The van der Waals surface area contributed by atoms with E-state index in [9.17, 15) is 8.42 Å². The summed E-state index contributed by atoms with van der Waals surface area (Å²) in [6, 6.07) is 0. The first kappa shape index (κ1) is 9.00. The molecule has 0 aromatic rings. The molecule has 0 amide bonds. The van der Waals surface area contributed by atoms with Gasteiger partial charge in [-0.3, -0.25) is 4.18 Å². The first-order chi connectivity index (χ1) is 4.99. The van der Waals surface area contributed by atoms with Gasteiger partial charge in [0.1, 0.15) is 0 Å². The summed E-state index contributed by atoms with van der Waals surface area (Å²) in [7, 11) is -3.24. The molecule has 0 N–H and O–H groups in total. The van der Waals surface area contributed by atoms with Crippen molar-refractivity contribution in [3.8, 4) is 0 Å². The van der Waals surface area contributed by atoms with Crippen LogP contribution in [0.4, 0.5) is 0 Å². The first-order valence-electron chi connectivity index (χ1n) is 3.87. The van der Waals surface area contributed by atoms with Crippen molar-refractivity contribution >= 4 is 10.1 Å². The van der Waals surface area contributed by atoms with Gasteiger partial charge in [0.15, 0.2) is 0 Å². The Morgan fingerprint density at radius 3 is 2.36 bits per heavy atom. The summed E-state index contributed by atoms with van der Waals surface area (Å²) in [5.41, 5.74) is 0. The lowest BCUT2D eigenvalue weighted by atomic mass is 10.1. The van der Waals surface area contributed by atoms with Crippen molar-refractivity contribution in [1.82, 2.24) is 0 Å². The van der Waals surface area contributed by atoms with Crippen LogP contribution in [0.5, 0.6) is 0 Å². The Bertz CT molecular complexity index is 220. The van der Waals surface area contributed by atoms with Crippen LogP contribution in [-0.4, -0.2) is 20.8 Å². The Morgan fingerprint density at radius 1 is 1.36 bits per heavy atom. The van der Waals surface area contributed by atoms with Crippen LogP contribution in [-0.2, 0) is 14.3 Å². The van der Waals surface area contributed by atoms with Gasteiger partial charge in [-0.05, 0) is 18.8 Å². The molecule has 0 bridgehead atoms. The molecular formula is C7H14O3S. The monoisotopic (exact) mass is 178 g/mol. The minimum absolute atomic E-state index is 0.0648. The topological polar surface area (TPSA) is 43.4 Å². The van der Waals surface area contributed by atoms with Crippen molar-refractivity contribution in [3.63, 3.8) is 0 Å². The summed E-state index contributed by atoms with van der Waals surface area (Å²) >= 11 is 0. The molecule has 4 heteroatoms. The quantitative estimate of drug-likeness (QED) is 0.596. The largest absolute Gasteiger partial charge is 0.267 e. The molecule has 0 aliphatic heterocycles. The van der Waals surface area contributed by atoms with Gasteiger partial charge in [0.25, 0.3) is 10.1 Å². The fourth-order valence-electron chi connectivity index (χ4n) is 1.48. The van der Waals surface area contributed by atoms with Gasteiger partial charge in [-0.2, -0.15) is 8.42 Å². The van der Waals surface area contributed by atoms with Crippen molar-refractivity contribution in [1.29, 1.82) is 0 Å². The molecule has 2 atom stereocenters. The van der Waals surface area contributed by atoms with E-state index in [-0.39, 0.29) is 6.10 Å². The molecule has 1 aliphatic rings. The van der Waals surface area contributed by atoms with E-state index in [4.69, 9.17) is 4.18 Å². The van der Waals surface area contributed by atoms with E-state index in [0.717, 1.165) is 25.5 Å². The first-order valence-corrected chi connectivity index (χ1v) is 5.69. The second-order valence-electron chi connectivity index (χ2n) is 3.25. The van der Waals surface area contributed by atoms with Crippen LogP contribution in [0.1, 0.15) is 26.2 Å². The van der Waals surface area contributed by atoms with Gasteiger partial charge in [-0.1, -0.05) is 13.3 Å². The molecule has 0 unspecified atom stereocenters. The maximum atomic E-state index is 10.7. The maximum Gasteiger partial charge on any atom is 0.264 e. The van der Waals surface area contributed by atoms with E-state index >= 15 is 0 Å². The summed E-state index contributed by atoms with van der Waals surface area (Å²) in [6.45, 7) is 2.03. The lowest BCUT2D eigenvalue weighted by molar-refractivity contribution is 0.177. The molecule has 0 aromatic heterocycles. The fraction of sp³-hybridized carbons (Fsp3) is 1.00. The van der Waals surface area contributed by atoms with Crippen molar-refractivity contribution in [2.45, 2.75) is 32.3 Å². The fourth-order valence-corrected chi connectivity index (χ4v) is 2.21.